The summed E-state index contributed by atoms with van der Waals surface area (Å²) in [5.74, 6) is -0.600. The van der Waals surface area contributed by atoms with Gasteiger partial charge in [-0.25, -0.2) is 0 Å². The number of carbonyl (C=O) groups excluding carboxylic acids is 3. The van der Waals surface area contributed by atoms with Crippen molar-refractivity contribution in [1.82, 2.24) is 10.9 Å². The van der Waals surface area contributed by atoms with E-state index in [1.54, 1.807) is 42.5 Å². The number of anilines is 1. The Labute approximate surface area is 186 Å². The van der Waals surface area contributed by atoms with Crippen molar-refractivity contribution in [2.75, 3.05) is 11.9 Å². The van der Waals surface area contributed by atoms with Crippen molar-refractivity contribution < 1.29 is 19.1 Å². The maximum atomic E-state index is 12.4. The fourth-order valence-corrected chi connectivity index (χ4v) is 2.97. The summed E-state index contributed by atoms with van der Waals surface area (Å²) in [4.78, 5) is 36.6. The van der Waals surface area contributed by atoms with Crippen LogP contribution in [0.3, 0.4) is 0 Å². The number of hydrogen-bond donors (Lipinski definition) is 3. The topological polar surface area (TPSA) is 96.5 Å². The van der Waals surface area contributed by atoms with Crippen LogP contribution in [0.5, 0.6) is 5.75 Å². The molecule has 0 unspecified atom stereocenters. The van der Waals surface area contributed by atoms with Gasteiger partial charge in [-0.1, -0.05) is 37.3 Å². The van der Waals surface area contributed by atoms with Crippen LogP contribution in [0.2, 0.25) is 0 Å². The van der Waals surface area contributed by atoms with Crippen molar-refractivity contribution >= 4 is 23.4 Å². The van der Waals surface area contributed by atoms with E-state index in [2.05, 4.69) is 16.2 Å². The van der Waals surface area contributed by atoms with Crippen LogP contribution in [0.4, 0.5) is 5.69 Å². The standard InChI is InChI=1S/C25H25N3O4/c1-3-18-8-6-9-21(15-18)32-16-23(29)27-28-24(30)19-11-13-20(14-12-19)26-25(31)22-10-5-4-7-17(22)2/h4-15H,3,16H2,1-2H3,(H,26,31)(H,27,29)(H,28,30). The molecule has 0 aliphatic rings. The van der Waals surface area contributed by atoms with Crippen LogP contribution in [-0.4, -0.2) is 24.3 Å². The van der Waals surface area contributed by atoms with Crippen molar-refractivity contribution in [2.45, 2.75) is 20.3 Å². The number of ether oxygens (including phenoxy) is 1. The van der Waals surface area contributed by atoms with Gasteiger partial charge < -0.3 is 10.1 Å². The zero-order chi connectivity index (χ0) is 22.9. The van der Waals surface area contributed by atoms with Crippen LogP contribution in [-0.2, 0) is 11.2 Å². The fraction of sp³-hybridized carbons (Fsp3) is 0.160. The fourth-order valence-electron chi connectivity index (χ4n) is 2.97. The molecule has 0 spiro atoms. The molecule has 0 aliphatic carbocycles. The van der Waals surface area contributed by atoms with E-state index < -0.39 is 11.8 Å². The van der Waals surface area contributed by atoms with E-state index in [9.17, 15) is 14.4 Å². The van der Waals surface area contributed by atoms with E-state index in [0.29, 0.717) is 22.6 Å². The van der Waals surface area contributed by atoms with Crippen LogP contribution >= 0.6 is 0 Å². The lowest BCUT2D eigenvalue weighted by molar-refractivity contribution is -0.123. The predicted octanol–water partition coefficient (Wildman–Crippen LogP) is 3.65. The Balaban J connectivity index is 1.47. The molecule has 0 radical (unpaired) electrons. The molecule has 3 aromatic carbocycles. The molecule has 7 heteroatoms. The van der Waals surface area contributed by atoms with Gasteiger partial charge in [0.2, 0.25) is 0 Å². The lowest BCUT2D eigenvalue weighted by atomic mass is 10.1. The summed E-state index contributed by atoms with van der Waals surface area (Å²) in [6.07, 6.45) is 0.869. The number of rotatable bonds is 7. The maximum absolute atomic E-state index is 12.4. The van der Waals surface area contributed by atoms with Gasteiger partial charge >= 0.3 is 0 Å². The Morgan fingerprint density at radius 3 is 2.31 bits per heavy atom. The largest absolute Gasteiger partial charge is 0.484 e. The highest BCUT2D eigenvalue weighted by Gasteiger charge is 2.11. The number of benzene rings is 3. The van der Waals surface area contributed by atoms with Crippen LogP contribution < -0.4 is 20.9 Å². The summed E-state index contributed by atoms with van der Waals surface area (Å²) in [7, 11) is 0. The number of hydrazine groups is 1. The van der Waals surface area contributed by atoms with Crippen LogP contribution in [0, 0.1) is 6.92 Å². The minimum absolute atomic E-state index is 0.225. The molecule has 164 valence electrons. The summed E-state index contributed by atoms with van der Waals surface area (Å²) < 4.78 is 5.44. The second-order valence-corrected chi connectivity index (χ2v) is 7.14. The molecular weight excluding hydrogens is 406 g/mol. The summed E-state index contributed by atoms with van der Waals surface area (Å²) >= 11 is 0. The van der Waals surface area contributed by atoms with Gasteiger partial charge in [-0.3, -0.25) is 25.2 Å². The van der Waals surface area contributed by atoms with Crippen LogP contribution in [0.15, 0.2) is 72.8 Å². The number of hydrogen-bond acceptors (Lipinski definition) is 4. The Kier molecular flexibility index (Phi) is 7.59. The zero-order valence-corrected chi connectivity index (χ0v) is 18.0. The van der Waals surface area contributed by atoms with Crippen molar-refractivity contribution in [1.29, 1.82) is 0 Å². The monoisotopic (exact) mass is 431 g/mol. The summed E-state index contributed by atoms with van der Waals surface area (Å²) in [6, 6.07) is 21.1. The third-order valence-electron chi connectivity index (χ3n) is 4.79. The van der Waals surface area contributed by atoms with Gasteiger partial charge in [-0.15, -0.1) is 0 Å². The van der Waals surface area contributed by atoms with Crippen molar-refractivity contribution in [3.8, 4) is 5.75 Å². The van der Waals surface area contributed by atoms with E-state index in [1.807, 2.05) is 44.2 Å². The Hall–Kier alpha value is -4.13. The summed E-state index contributed by atoms with van der Waals surface area (Å²) in [6.45, 7) is 3.67. The molecule has 0 bridgehead atoms. The molecule has 32 heavy (non-hydrogen) atoms. The van der Waals surface area contributed by atoms with Gasteiger partial charge in [0.1, 0.15) is 5.75 Å². The van der Waals surface area contributed by atoms with Gasteiger partial charge in [0.05, 0.1) is 0 Å². The van der Waals surface area contributed by atoms with Crippen LogP contribution in [0.1, 0.15) is 38.8 Å². The molecule has 3 N–H and O–H groups in total. The SMILES string of the molecule is CCc1cccc(OCC(=O)NNC(=O)c2ccc(NC(=O)c3ccccc3C)cc2)c1. The molecule has 0 fully saturated rings. The highest BCUT2D eigenvalue weighted by Crippen LogP contribution is 2.14. The molecule has 0 aromatic heterocycles. The molecule has 0 atom stereocenters. The van der Waals surface area contributed by atoms with Gasteiger partial charge in [-0.2, -0.15) is 0 Å². The lowest BCUT2D eigenvalue weighted by Gasteiger charge is -2.10. The molecule has 7 nitrogen and oxygen atoms in total. The summed E-state index contributed by atoms with van der Waals surface area (Å²) in [5, 5.41) is 2.80. The molecule has 0 heterocycles. The smallest absolute Gasteiger partial charge is 0.276 e. The predicted molar refractivity (Wildman–Crippen MR) is 122 cm³/mol. The van der Waals surface area contributed by atoms with Crippen molar-refractivity contribution in [3.63, 3.8) is 0 Å². The second kappa shape index (κ2) is 10.8. The Morgan fingerprint density at radius 2 is 1.59 bits per heavy atom. The number of carbonyl (C=O) groups is 3. The normalized spacial score (nSPS) is 10.2. The van der Waals surface area contributed by atoms with E-state index in [4.69, 9.17) is 4.74 Å². The van der Waals surface area contributed by atoms with Gasteiger partial charge in [0.15, 0.2) is 6.61 Å². The lowest BCUT2D eigenvalue weighted by Crippen LogP contribution is -2.43. The molecule has 0 saturated carbocycles. The molecule has 0 saturated heterocycles. The minimum atomic E-state index is -0.484. The Morgan fingerprint density at radius 1 is 0.844 bits per heavy atom. The van der Waals surface area contributed by atoms with Crippen molar-refractivity contribution in [3.05, 3.63) is 95.1 Å². The average molecular weight is 431 g/mol. The highest BCUT2D eigenvalue weighted by atomic mass is 16.5. The number of aryl methyl sites for hydroxylation is 2. The van der Waals surface area contributed by atoms with E-state index in [0.717, 1.165) is 17.5 Å². The van der Waals surface area contributed by atoms with Crippen LogP contribution in [0.25, 0.3) is 0 Å². The summed E-state index contributed by atoms with van der Waals surface area (Å²) in [5.41, 5.74) is 8.12. The zero-order valence-electron chi connectivity index (χ0n) is 18.0. The van der Waals surface area contributed by atoms with Gasteiger partial charge in [0, 0.05) is 16.8 Å². The minimum Gasteiger partial charge on any atom is -0.484 e. The maximum Gasteiger partial charge on any atom is 0.276 e. The second-order valence-electron chi connectivity index (χ2n) is 7.14. The molecule has 3 aromatic rings. The van der Waals surface area contributed by atoms with E-state index >= 15 is 0 Å². The van der Waals surface area contributed by atoms with E-state index in [-0.39, 0.29) is 12.5 Å². The quantitative estimate of drug-likeness (QED) is 0.498. The first-order valence-electron chi connectivity index (χ1n) is 10.2. The number of amides is 3. The van der Waals surface area contributed by atoms with Gasteiger partial charge in [0.25, 0.3) is 17.7 Å². The third-order valence-corrected chi connectivity index (χ3v) is 4.79. The first-order chi connectivity index (χ1) is 15.5. The molecule has 0 aliphatic heterocycles. The first-order valence-corrected chi connectivity index (χ1v) is 10.2. The number of nitrogens with one attached hydrogen (secondary N) is 3. The highest BCUT2D eigenvalue weighted by molar-refractivity contribution is 6.05. The third kappa shape index (κ3) is 6.18. The van der Waals surface area contributed by atoms with Crippen molar-refractivity contribution in [2.24, 2.45) is 0 Å². The molecule has 3 rings (SSSR count). The molecule has 3 amide bonds. The Bertz CT molecular complexity index is 1110. The van der Waals surface area contributed by atoms with E-state index in [1.165, 1.54) is 0 Å². The van der Waals surface area contributed by atoms with Gasteiger partial charge in [-0.05, 0) is 66.9 Å². The first kappa shape index (κ1) is 22.6. The average Bonchev–Trinajstić information content (AvgIpc) is 2.82. The molecular formula is C25H25N3O4.